The van der Waals surface area contributed by atoms with Crippen LogP contribution in [-0.4, -0.2) is 20.2 Å². The lowest BCUT2D eigenvalue weighted by molar-refractivity contribution is 0.0999. The van der Waals surface area contributed by atoms with Gasteiger partial charge < -0.3 is 11.5 Å². The zero-order chi connectivity index (χ0) is 13.2. The Morgan fingerprint density at radius 3 is 1.71 bits per heavy atom. The number of benzene rings is 1. The summed E-state index contributed by atoms with van der Waals surface area (Å²) in [4.78, 5) is 21.9. The molecule has 0 aliphatic carbocycles. The maximum atomic E-state index is 11.0. The van der Waals surface area contributed by atoms with Crippen molar-refractivity contribution < 1.29 is 18.0 Å². The van der Waals surface area contributed by atoms with Crippen molar-refractivity contribution in [1.29, 1.82) is 0 Å². The molecule has 8 nitrogen and oxygen atoms in total. The number of carbonyl (C=O) groups excluding carboxylic acids is 2. The Morgan fingerprint density at radius 2 is 1.41 bits per heavy atom. The standard InChI is InChI=1S/C8H10N4O4S/c9-7(13)4-1-5(8(10)14)3-6(2-4)12-17(11,15)16/h1-3,12H,(H2,9,13)(H2,10,14)(H2,11,15,16). The summed E-state index contributed by atoms with van der Waals surface area (Å²) >= 11 is 0. The highest BCUT2D eigenvalue weighted by atomic mass is 32.2. The second-order valence-electron chi connectivity index (χ2n) is 3.17. The summed E-state index contributed by atoms with van der Waals surface area (Å²) in [6, 6.07) is 3.43. The van der Waals surface area contributed by atoms with Crippen molar-refractivity contribution in [3.05, 3.63) is 29.3 Å². The first-order valence-corrected chi connectivity index (χ1v) is 5.79. The van der Waals surface area contributed by atoms with Crippen LogP contribution in [0.15, 0.2) is 18.2 Å². The number of amides is 2. The molecule has 92 valence electrons. The maximum absolute atomic E-state index is 11.0. The zero-order valence-electron chi connectivity index (χ0n) is 8.51. The van der Waals surface area contributed by atoms with E-state index in [1.807, 2.05) is 4.72 Å². The number of anilines is 1. The van der Waals surface area contributed by atoms with Crippen molar-refractivity contribution in [2.45, 2.75) is 0 Å². The van der Waals surface area contributed by atoms with Gasteiger partial charge in [0.2, 0.25) is 11.8 Å². The van der Waals surface area contributed by atoms with E-state index < -0.39 is 22.0 Å². The number of nitrogens with one attached hydrogen (secondary N) is 1. The SMILES string of the molecule is NC(=O)c1cc(NS(N)(=O)=O)cc(C(N)=O)c1. The largest absolute Gasteiger partial charge is 0.366 e. The van der Waals surface area contributed by atoms with Crippen LogP contribution in [0.4, 0.5) is 5.69 Å². The summed E-state index contributed by atoms with van der Waals surface area (Å²) in [5, 5.41) is 4.75. The third-order valence-corrected chi connectivity index (χ3v) is 2.28. The maximum Gasteiger partial charge on any atom is 0.296 e. The number of rotatable bonds is 4. The zero-order valence-corrected chi connectivity index (χ0v) is 9.32. The molecule has 0 aliphatic heterocycles. The van der Waals surface area contributed by atoms with Crippen molar-refractivity contribution in [2.75, 3.05) is 4.72 Å². The van der Waals surface area contributed by atoms with Crippen molar-refractivity contribution >= 4 is 27.7 Å². The first-order valence-electron chi connectivity index (χ1n) is 4.24. The number of nitrogens with two attached hydrogens (primary N) is 3. The van der Waals surface area contributed by atoms with Crippen LogP contribution < -0.4 is 21.3 Å². The minimum absolute atomic E-state index is 0.0625. The lowest BCUT2D eigenvalue weighted by atomic mass is 10.1. The first-order chi connectivity index (χ1) is 7.69. The van der Waals surface area contributed by atoms with Crippen LogP contribution in [0.3, 0.4) is 0 Å². The van der Waals surface area contributed by atoms with E-state index in [9.17, 15) is 18.0 Å². The number of hydrogen-bond acceptors (Lipinski definition) is 4. The number of hydrogen-bond donors (Lipinski definition) is 4. The highest BCUT2D eigenvalue weighted by molar-refractivity contribution is 7.90. The highest BCUT2D eigenvalue weighted by Gasteiger charge is 2.11. The molecule has 0 bridgehead atoms. The van der Waals surface area contributed by atoms with Crippen LogP contribution in [-0.2, 0) is 10.2 Å². The first kappa shape index (κ1) is 12.9. The van der Waals surface area contributed by atoms with Crippen LogP contribution in [0.2, 0.25) is 0 Å². The molecule has 0 radical (unpaired) electrons. The lowest BCUT2D eigenvalue weighted by Crippen LogP contribution is -2.23. The molecule has 0 aromatic heterocycles. The molecule has 9 heteroatoms. The van der Waals surface area contributed by atoms with Gasteiger partial charge in [0.1, 0.15) is 0 Å². The molecule has 0 spiro atoms. The average Bonchev–Trinajstić information content (AvgIpc) is 2.14. The van der Waals surface area contributed by atoms with Gasteiger partial charge in [0.05, 0.1) is 5.69 Å². The van der Waals surface area contributed by atoms with E-state index in [0.29, 0.717) is 0 Å². The fourth-order valence-electron chi connectivity index (χ4n) is 1.14. The molecule has 0 saturated heterocycles. The highest BCUT2D eigenvalue weighted by Crippen LogP contribution is 2.15. The van der Waals surface area contributed by atoms with E-state index >= 15 is 0 Å². The summed E-state index contributed by atoms with van der Waals surface area (Å²) in [6.45, 7) is 0. The van der Waals surface area contributed by atoms with E-state index in [1.54, 1.807) is 0 Å². The van der Waals surface area contributed by atoms with Crippen LogP contribution >= 0.6 is 0 Å². The molecule has 0 heterocycles. The molecule has 2 amide bonds. The fraction of sp³-hybridized carbons (Fsp3) is 0. The van der Waals surface area contributed by atoms with E-state index in [-0.39, 0.29) is 16.8 Å². The van der Waals surface area contributed by atoms with Crippen molar-refractivity contribution in [3.8, 4) is 0 Å². The molecular weight excluding hydrogens is 248 g/mol. The van der Waals surface area contributed by atoms with Crippen LogP contribution in [0.5, 0.6) is 0 Å². The Kier molecular flexibility index (Phi) is 3.34. The van der Waals surface area contributed by atoms with Gasteiger partial charge in [-0.3, -0.25) is 14.3 Å². The third-order valence-electron chi connectivity index (χ3n) is 1.76. The van der Waals surface area contributed by atoms with Gasteiger partial charge in [0, 0.05) is 11.1 Å². The minimum atomic E-state index is -4.02. The van der Waals surface area contributed by atoms with Crippen molar-refractivity contribution in [3.63, 3.8) is 0 Å². The lowest BCUT2D eigenvalue weighted by Gasteiger charge is -2.07. The van der Waals surface area contributed by atoms with Crippen LogP contribution in [0.1, 0.15) is 20.7 Å². The Morgan fingerprint density at radius 1 is 1.00 bits per heavy atom. The Balaban J connectivity index is 3.31. The van der Waals surface area contributed by atoms with Gasteiger partial charge in [0.15, 0.2) is 0 Å². The molecule has 1 aromatic carbocycles. The van der Waals surface area contributed by atoms with Gasteiger partial charge >= 0.3 is 0 Å². The predicted octanol–water partition coefficient (Wildman–Crippen LogP) is -1.50. The van der Waals surface area contributed by atoms with Gasteiger partial charge in [-0.25, -0.2) is 5.14 Å². The fourth-order valence-corrected chi connectivity index (χ4v) is 1.58. The van der Waals surface area contributed by atoms with Crippen molar-refractivity contribution in [2.24, 2.45) is 16.6 Å². The minimum Gasteiger partial charge on any atom is -0.366 e. The van der Waals surface area contributed by atoms with E-state index in [1.165, 1.54) is 0 Å². The second kappa shape index (κ2) is 4.39. The second-order valence-corrected chi connectivity index (χ2v) is 4.47. The molecule has 7 N–H and O–H groups in total. The van der Waals surface area contributed by atoms with Crippen molar-refractivity contribution in [1.82, 2.24) is 0 Å². The smallest absolute Gasteiger partial charge is 0.296 e. The Bertz CT molecular complexity index is 549. The molecular formula is C8H10N4O4S. The number of primary amides is 2. The number of carbonyl (C=O) groups is 2. The topological polar surface area (TPSA) is 158 Å². The van der Waals surface area contributed by atoms with E-state index in [0.717, 1.165) is 18.2 Å². The summed E-state index contributed by atoms with van der Waals surface area (Å²) in [5.74, 6) is -1.66. The van der Waals surface area contributed by atoms with Gasteiger partial charge in [0.25, 0.3) is 10.2 Å². The summed E-state index contributed by atoms with van der Waals surface area (Å²) in [6.07, 6.45) is 0. The Labute approximate surface area is 97.0 Å². The molecule has 0 unspecified atom stereocenters. The predicted molar refractivity (Wildman–Crippen MR) is 60.2 cm³/mol. The van der Waals surface area contributed by atoms with E-state index in [2.05, 4.69) is 0 Å². The van der Waals surface area contributed by atoms with E-state index in [4.69, 9.17) is 16.6 Å². The van der Waals surface area contributed by atoms with Gasteiger partial charge in [-0.05, 0) is 18.2 Å². The van der Waals surface area contributed by atoms with Gasteiger partial charge in [-0.1, -0.05) is 0 Å². The molecule has 0 saturated carbocycles. The third kappa shape index (κ3) is 3.74. The average molecular weight is 258 g/mol. The van der Waals surface area contributed by atoms with Gasteiger partial charge in [-0.2, -0.15) is 8.42 Å². The summed E-state index contributed by atoms with van der Waals surface area (Å²) in [7, 11) is -4.02. The van der Waals surface area contributed by atoms with Crippen LogP contribution in [0, 0.1) is 0 Å². The summed E-state index contributed by atoms with van der Waals surface area (Å²) in [5.41, 5.74) is 9.84. The molecule has 17 heavy (non-hydrogen) atoms. The summed E-state index contributed by atoms with van der Waals surface area (Å²) < 4.78 is 23.5. The quantitative estimate of drug-likeness (QED) is 0.517. The van der Waals surface area contributed by atoms with Gasteiger partial charge in [-0.15, -0.1) is 0 Å². The normalized spacial score (nSPS) is 10.9. The van der Waals surface area contributed by atoms with Crippen LogP contribution in [0.25, 0.3) is 0 Å². The molecule has 1 aromatic rings. The molecule has 0 fully saturated rings. The monoisotopic (exact) mass is 258 g/mol. The molecule has 1 rings (SSSR count). The molecule has 0 atom stereocenters. The molecule has 0 aliphatic rings. The Hall–Kier alpha value is -2.13.